The first kappa shape index (κ1) is 18.6. The second-order valence-electron chi connectivity index (χ2n) is 6.67. The van der Waals surface area contributed by atoms with Gasteiger partial charge in [-0.15, -0.1) is 0 Å². The zero-order valence-corrected chi connectivity index (χ0v) is 14.8. The Balaban J connectivity index is 1.66. The number of fused-ring (bicyclic) bond motifs is 1. The van der Waals surface area contributed by atoms with Gasteiger partial charge in [0, 0.05) is 0 Å². The van der Waals surface area contributed by atoms with E-state index in [4.69, 9.17) is 23.7 Å². The van der Waals surface area contributed by atoms with Crippen LogP contribution in [0.1, 0.15) is 26.3 Å². The van der Waals surface area contributed by atoms with E-state index in [9.17, 15) is 10.2 Å². The highest BCUT2D eigenvalue weighted by Gasteiger charge is 2.56. The van der Waals surface area contributed by atoms with Crippen molar-refractivity contribution in [3.63, 3.8) is 0 Å². The molecule has 25 heavy (non-hydrogen) atoms. The molecular weight excluding hydrogens is 328 g/mol. The van der Waals surface area contributed by atoms with E-state index in [1.165, 1.54) is 0 Å². The van der Waals surface area contributed by atoms with Gasteiger partial charge in [0.15, 0.2) is 12.1 Å². The highest BCUT2D eigenvalue weighted by molar-refractivity contribution is 5.26. The maximum absolute atomic E-state index is 10.0. The van der Waals surface area contributed by atoms with Crippen molar-refractivity contribution in [2.45, 2.75) is 63.9 Å². The van der Waals surface area contributed by atoms with Gasteiger partial charge in [-0.3, -0.25) is 0 Å². The highest BCUT2D eigenvalue weighted by atomic mass is 16.8. The van der Waals surface area contributed by atoms with Crippen LogP contribution in [0.15, 0.2) is 24.3 Å². The molecule has 2 fully saturated rings. The molecule has 1 aromatic rings. The number of ether oxygens (including phenoxy) is 5. The Kier molecular flexibility index (Phi) is 5.62. The maximum Gasteiger partial charge on any atom is 0.190 e. The van der Waals surface area contributed by atoms with Crippen LogP contribution in [-0.2, 0) is 25.6 Å². The van der Waals surface area contributed by atoms with Gasteiger partial charge in [0.25, 0.3) is 0 Å². The van der Waals surface area contributed by atoms with E-state index >= 15 is 0 Å². The summed E-state index contributed by atoms with van der Waals surface area (Å²) in [6.07, 6.45) is -3.39. The van der Waals surface area contributed by atoms with Crippen LogP contribution >= 0.6 is 0 Å². The fourth-order valence-corrected chi connectivity index (χ4v) is 3.15. The van der Waals surface area contributed by atoms with Gasteiger partial charge in [-0.25, -0.2) is 0 Å². The molecule has 2 aliphatic heterocycles. The van der Waals surface area contributed by atoms with Crippen LogP contribution in [0.5, 0.6) is 5.75 Å². The summed E-state index contributed by atoms with van der Waals surface area (Å²) in [5.41, 5.74) is 0.960. The average Bonchev–Trinajstić information content (AvgIpc) is 3.05. The van der Waals surface area contributed by atoms with Crippen molar-refractivity contribution in [2.24, 2.45) is 0 Å². The van der Waals surface area contributed by atoms with Gasteiger partial charge in [-0.05, 0) is 38.5 Å². The Labute approximate surface area is 147 Å². The minimum Gasteiger partial charge on any atom is -0.494 e. The van der Waals surface area contributed by atoms with Gasteiger partial charge in [0.05, 0.1) is 19.8 Å². The van der Waals surface area contributed by atoms with Gasteiger partial charge in [-0.2, -0.15) is 0 Å². The lowest BCUT2D eigenvalue weighted by Gasteiger charge is -2.28. The highest BCUT2D eigenvalue weighted by Crippen LogP contribution is 2.39. The second-order valence-corrected chi connectivity index (χ2v) is 6.67. The molecule has 2 aliphatic rings. The fourth-order valence-electron chi connectivity index (χ4n) is 3.15. The molecule has 2 saturated heterocycles. The van der Waals surface area contributed by atoms with Crippen molar-refractivity contribution in [2.75, 3.05) is 13.2 Å². The number of aliphatic hydroxyl groups is 2. The van der Waals surface area contributed by atoms with Crippen molar-refractivity contribution in [3.05, 3.63) is 29.8 Å². The van der Waals surface area contributed by atoms with Crippen LogP contribution in [-0.4, -0.2) is 59.9 Å². The zero-order chi connectivity index (χ0) is 18.0. The molecule has 7 nitrogen and oxygen atoms in total. The number of hydrogen-bond acceptors (Lipinski definition) is 7. The molecule has 0 bridgehead atoms. The predicted octanol–water partition coefficient (Wildman–Crippen LogP) is 1.20. The fraction of sp³-hybridized carbons (Fsp3) is 0.667. The maximum atomic E-state index is 10.0. The summed E-state index contributed by atoms with van der Waals surface area (Å²) in [6, 6.07) is 7.61. The Morgan fingerprint density at radius 3 is 2.56 bits per heavy atom. The lowest BCUT2D eigenvalue weighted by atomic mass is 10.1. The van der Waals surface area contributed by atoms with E-state index < -0.39 is 43.1 Å². The van der Waals surface area contributed by atoms with Gasteiger partial charge in [0.1, 0.15) is 30.2 Å². The average molecular weight is 354 g/mol. The summed E-state index contributed by atoms with van der Waals surface area (Å²) in [5, 5.41) is 19.3. The predicted molar refractivity (Wildman–Crippen MR) is 88.0 cm³/mol. The monoisotopic (exact) mass is 354 g/mol. The van der Waals surface area contributed by atoms with E-state index in [2.05, 4.69) is 0 Å². The standard InChI is InChI=1S/C18H26O7/c1-4-21-12-7-5-11(6-8-12)10-22-15-14(13(20)9-19)23-17-16(15)24-18(2,3)25-17/h5-8,13-17,19-20H,4,9-10H2,1-3H3/t13-,14-,15+,16+,17+/m1/s1. The van der Waals surface area contributed by atoms with Crippen LogP contribution < -0.4 is 4.74 Å². The third kappa shape index (κ3) is 4.13. The van der Waals surface area contributed by atoms with Crippen LogP contribution in [0.2, 0.25) is 0 Å². The van der Waals surface area contributed by atoms with E-state index in [0.29, 0.717) is 13.2 Å². The SMILES string of the molecule is CCOc1ccc(CO[C@@H]2[C@@H]3OC(C)(C)O[C@@H]3O[C@@H]2[C@H](O)CO)cc1. The van der Waals surface area contributed by atoms with E-state index in [1.54, 1.807) is 13.8 Å². The molecule has 0 radical (unpaired) electrons. The summed E-state index contributed by atoms with van der Waals surface area (Å²) in [4.78, 5) is 0. The summed E-state index contributed by atoms with van der Waals surface area (Å²) >= 11 is 0. The third-order valence-electron chi connectivity index (χ3n) is 4.27. The molecule has 0 unspecified atom stereocenters. The Morgan fingerprint density at radius 2 is 1.92 bits per heavy atom. The number of aliphatic hydroxyl groups excluding tert-OH is 2. The van der Waals surface area contributed by atoms with Crippen molar-refractivity contribution >= 4 is 0 Å². The largest absolute Gasteiger partial charge is 0.494 e. The van der Waals surface area contributed by atoms with Gasteiger partial charge >= 0.3 is 0 Å². The van der Waals surface area contributed by atoms with Crippen LogP contribution in [0.25, 0.3) is 0 Å². The first-order valence-corrected chi connectivity index (χ1v) is 8.57. The van der Waals surface area contributed by atoms with Crippen molar-refractivity contribution in [1.29, 1.82) is 0 Å². The molecule has 0 spiro atoms. The summed E-state index contributed by atoms with van der Waals surface area (Å²) < 4.78 is 28.7. The molecule has 2 heterocycles. The summed E-state index contributed by atoms with van der Waals surface area (Å²) in [7, 11) is 0. The molecule has 1 aromatic carbocycles. The van der Waals surface area contributed by atoms with Crippen molar-refractivity contribution < 1.29 is 33.9 Å². The van der Waals surface area contributed by atoms with Crippen LogP contribution in [0, 0.1) is 0 Å². The second kappa shape index (κ2) is 7.57. The van der Waals surface area contributed by atoms with Crippen molar-refractivity contribution in [1.82, 2.24) is 0 Å². The van der Waals surface area contributed by atoms with E-state index in [1.807, 2.05) is 31.2 Å². The van der Waals surface area contributed by atoms with Gasteiger partial charge in [-0.1, -0.05) is 12.1 Å². The van der Waals surface area contributed by atoms with E-state index in [-0.39, 0.29) is 0 Å². The Hall–Kier alpha value is -1.22. The van der Waals surface area contributed by atoms with Gasteiger partial charge in [0.2, 0.25) is 0 Å². The van der Waals surface area contributed by atoms with Crippen molar-refractivity contribution in [3.8, 4) is 5.75 Å². The lowest BCUT2D eigenvalue weighted by Crippen LogP contribution is -2.44. The molecule has 0 aromatic heterocycles. The topological polar surface area (TPSA) is 86.6 Å². The molecule has 140 valence electrons. The molecule has 0 aliphatic carbocycles. The summed E-state index contributed by atoms with van der Waals surface area (Å²) in [5.74, 6) is 0.0314. The lowest BCUT2D eigenvalue weighted by molar-refractivity contribution is -0.232. The third-order valence-corrected chi connectivity index (χ3v) is 4.27. The van der Waals surface area contributed by atoms with Crippen LogP contribution in [0.4, 0.5) is 0 Å². The Bertz CT molecular complexity index is 559. The smallest absolute Gasteiger partial charge is 0.190 e. The molecule has 7 heteroatoms. The molecular formula is C18H26O7. The quantitative estimate of drug-likeness (QED) is 0.761. The Morgan fingerprint density at radius 1 is 1.20 bits per heavy atom. The number of rotatable bonds is 7. The normalized spacial score (nSPS) is 31.7. The number of benzene rings is 1. The first-order chi connectivity index (χ1) is 11.9. The van der Waals surface area contributed by atoms with E-state index in [0.717, 1.165) is 11.3 Å². The zero-order valence-electron chi connectivity index (χ0n) is 14.8. The molecule has 0 amide bonds. The first-order valence-electron chi connectivity index (χ1n) is 8.57. The molecule has 5 atom stereocenters. The molecule has 0 saturated carbocycles. The minimum atomic E-state index is -1.06. The molecule has 2 N–H and O–H groups in total. The minimum absolute atomic E-state index is 0.322. The van der Waals surface area contributed by atoms with Gasteiger partial charge < -0.3 is 33.9 Å². The van der Waals surface area contributed by atoms with Crippen LogP contribution in [0.3, 0.4) is 0 Å². The number of hydrogen-bond donors (Lipinski definition) is 2. The molecule has 3 rings (SSSR count). The summed E-state index contributed by atoms with van der Waals surface area (Å²) in [6.45, 7) is 6.06.